The molecule has 0 bridgehead atoms. The van der Waals surface area contributed by atoms with Crippen LogP contribution in [-0.4, -0.2) is 37.2 Å². The third-order valence-corrected chi connectivity index (χ3v) is 7.19. The first kappa shape index (κ1) is 21.0. The van der Waals surface area contributed by atoms with Crippen LogP contribution in [0.2, 0.25) is 0 Å². The average molecular weight is 416 g/mol. The molecule has 1 aliphatic carbocycles. The monoisotopic (exact) mass is 415 g/mol. The number of aryl methyl sites for hydroxylation is 1. The molecule has 6 nitrogen and oxygen atoms in total. The molecule has 2 aromatic carbocycles. The van der Waals surface area contributed by atoms with Crippen LogP contribution in [0.15, 0.2) is 59.5 Å². The number of amides is 1. The van der Waals surface area contributed by atoms with Gasteiger partial charge in [0.25, 0.3) is 0 Å². The summed E-state index contributed by atoms with van der Waals surface area (Å²) >= 11 is 0. The Bertz CT molecular complexity index is 1010. The van der Waals surface area contributed by atoms with Crippen molar-refractivity contribution in [3.05, 3.63) is 65.7 Å². The standard InChI is InChI=1S/C22H25NO5S/c1-15-10-12-16(13-11-15)18-19(29(26,27)17-8-6-5-7-9-17)22(18,14-24)23-20(25)28-21(2,3)4/h5-14,18-19H,1-4H3,(H,23,25)/t18-,19+,22+/m1/s1. The first-order chi connectivity index (χ1) is 13.5. The Morgan fingerprint density at radius 3 is 2.17 bits per heavy atom. The van der Waals surface area contributed by atoms with E-state index >= 15 is 0 Å². The summed E-state index contributed by atoms with van der Waals surface area (Å²) in [7, 11) is -3.88. The van der Waals surface area contributed by atoms with Gasteiger partial charge in [0, 0.05) is 5.92 Å². The smallest absolute Gasteiger partial charge is 0.408 e. The van der Waals surface area contributed by atoms with Crippen LogP contribution in [0.4, 0.5) is 4.79 Å². The molecule has 0 heterocycles. The molecule has 7 heteroatoms. The van der Waals surface area contributed by atoms with E-state index in [-0.39, 0.29) is 4.90 Å². The lowest BCUT2D eigenvalue weighted by molar-refractivity contribution is -0.110. The SMILES string of the molecule is Cc1ccc([C@@H]2[C@H](S(=O)(=O)c3ccccc3)[C@@]2(C=O)NC(=O)OC(C)(C)C)cc1. The minimum absolute atomic E-state index is 0.108. The molecule has 1 aliphatic rings. The van der Waals surface area contributed by atoms with Crippen molar-refractivity contribution in [2.75, 3.05) is 0 Å². The van der Waals surface area contributed by atoms with Gasteiger partial charge in [-0.15, -0.1) is 0 Å². The molecule has 1 N–H and O–H groups in total. The second-order valence-electron chi connectivity index (χ2n) is 8.34. The molecule has 154 valence electrons. The van der Waals surface area contributed by atoms with E-state index in [9.17, 15) is 18.0 Å². The zero-order valence-electron chi connectivity index (χ0n) is 16.9. The van der Waals surface area contributed by atoms with Crippen molar-refractivity contribution in [3.63, 3.8) is 0 Å². The number of aldehydes is 1. The van der Waals surface area contributed by atoms with Gasteiger partial charge in [-0.3, -0.25) is 0 Å². The maximum Gasteiger partial charge on any atom is 0.408 e. The van der Waals surface area contributed by atoms with Gasteiger partial charge in [-0.1, -0.05) is 48.0 Å². The number of ether oxygens (including phenoxy) is 1. The number of alkyl carbamates (subject to hydrolysis) is 1. The minimum atomic E-state index is -3.88. The number of benzene rings is 2. The lowest BCUT2D eigenvalue weighted by Crippen LogP contribution is -2.45. The van der Waals surface area contributed by atoms with Crippen LogP contribution < -0.4 is 5.32 Å². The van der Waals surface area contributed by atoms with E-state index in [2.05, 4.69) is 5.32 Å². The number of nitrogens with one attached hydrogen (secondary N) is 1. The van der Waals surface area contributed by atoms with Crippen LogP contribution in [-0.2, 0) is 19.4 Å². The molecule has 1 fully saturated rings. The van der Waals surface area contributed by atoms with Crippen molar-refractivity contribution in [1.82, 2.24) is 5.32 Å². The second-order valence-corrected chi connectivity index (χ2v) is 10.4. The average Bonchev–Trinajstić information content (AvgIpc) is 3.31. The van der Waals surface area contributed by atoms with Gasteiger partial charge >= 0.3 is 6.09 Å². The van der Waals surface area contributed by atoms with Gasteiger partial charge in [0.05, 0.1) is 4.90 Å². The van der Waals surface area contributed by atoms with Gasteiger partial charge in [-0.25, -0.2) is 13.2 Å². The molecule has 3 rings (SSSR count). The molecule has 1 amide bonds. The van der Waals surface area contributed by atoms with E-state index in [1.165, 1.54) is 12.1 Å². The Morgan fingerprint density at radius 2 is 1.66 bits per heavy atom. The number of rotatable bonds is 5. The Kier molecular flexibility index (Phi) is 5.30. The minimum Gasteiger partial charge on any atom is -0.444 e. The molecule has 0 spiro atoms. The topological polar surface area (TPSA) is 89.5 Å². The summed E-state index contributed by atoms with van der Waals surface area (Å²) < 4.78 is 32.0. The van der Waals surface area contributed by atoms with Gasteiger partial charge in [-0.05, 0) is 45.4 Å². The molecule has 29 heavy (non-hydrogen) atoms. The summed E-state index contributed by atoms with van der Waals surface area (Å²) in [5.74, 6) is -0.710. The fourth-order valence-corrected chi connectivity index (χ4v) is 5.86. The first-order valence-corrected chi connectivity index (χ1v) is 10.9. The van der Waals surface area contributed by atoms with Crippen LogP contribution in [0.1, 0.15) is 37.8 Å². The Balaban J connectivity index is 2.04. The van der Waals surface area contributed by atoms with Gasteiger partial charge in [0.2, 0.25) is 0 Å². The number of hydrogen-bond acceptors (Lipinski definition) is 5. The number of hydrogen-bond donors (Lipinski definition) is 1. The molecular weight excluding hydrogens is 390 g/mol. The third kappa shape index (κ3) is 4.05. The molecule has 0 aromatic heterocycles. The normalized spacial score (nSPS) is 23.9. The second kappa shape index (κ2) is 7.30. The molecule has 0 saturated heterocycles. The molecule has 0 aliphatic heterocycles. The highest BCUT2D eigenvalue weighted by Gasteiger charge is 2.73. The Labute approximate surface area is 171 Å². The van der Waals surface area contributed by atoms with Gasteiger partial charge < -0.3 is 14.8 Å². The highest BCUT2D eigenvalue weighted by Crippen LogP contribution is 2.56. The molecule has 0 unspecified atom stereocenters. The molecular formula is C22H25NO5S. The van der Waals surface area contributed by atoms with E-state index in [0.717, 1.165) is 5.56 Å². The van der Waals surface area contributed by atoms with Crippen LogP contribution in [0, 0.1) is 6.92 Å². The summed E-state index contributed by atoms with van der Waals surface area (Å²) in [6.45, 7) is 7.01. The summed E-state index contributed by atoms with van der Waals surface area (Å²) in [5.41, 5.74) is -0.695. The van der Waals surface area contributed by atoms with E-state index in [4.69, 9.17) is 4.74 Å². The van der Waals surface area contributed by atoms with Gasteiger partial charge in [0.1, 0.15) is 22.7 Å². The highest BCUT2D eigenvalue weighted by molar-refractivity contribution is 7.92. The number of carbonyl (C=O) groups excluding carboxylic acids is 2. The van der Waals surface area contributed by atoms with Crippen molar-refractivity contribution < 1.29 is 22.7 Å². The predicted molar refractivity (Wildman–Crippen MR) is 110 cm³/mol. The van der Waals surface area contributed by atoms with Crippen molar-refractivity contribution in [2.45, 2.75) is 54.9 Å². The summed E-state index contributed by atoms with van der Waals surface area (Å²) in [6.07, 6.45) is -0.306. The highest BCUT2D eigenvalue weighted by atomic mass is 32.2. The lowest BCUT2D eigenvalue weighted by atomic mass is 10.1. The van der Waals surface area contributed by atoms with E-state index in [0.29, 0.717) is 11.8 Å². The maximum absolute atomic E-state index is 13.3. The zero-order valence-corrected chi connectivity index (χ0v) is 17.7. The molecule has 3 atom stereocenters. The lowest BCUT2D eigenvalue weighted by Gasteiger charge is -2.22. The van der Waals surface area contributed by atoms with Crippen LogP contribution in [0.3, 0.4) is 0 Å². The van der Waals surface area contributed by atoms with Gasteiger partial charge in [0.15, 0.2) is 9.84 Å². The van der Waals surface area contributed by atoms with Crippen molar-refractivity contribution in [3.8, 4) is 0 Å². The summed E-state index contributed by atoms with van der Waals surface area (Å²) in [6, 6.07) is 15.2. The maximum atomic E-state index is 13.3. The van der Waals surface area contributed by atoms with E-state index < -0.39 is 38.2 Å². The summed E-state index contributed by atoms with van der Waals surface area (Å²) in [5, 5.41) is 1.43. The zero-order chi connectivity index (χ0) is 21.4. The third-order valence-electron chi connectivity index (χ3n) is 4.93. The first-order valence-electron chi connectivity index (χ1n) is 9.34. The van der Waals surface area contributed by atoms with Crippen molar-refractivity contribution in [2.24, 2.45) is 0 Å². The summed E-state index contributed by atoms with van der Waals surface area (Å²) in [4.78, 5) is 24.7. The fourth-order valence-electron chi connectivity index (χ4n) is 3.59. The number of carbonyl (C=O) groups is 2. The predicted octanol–water partition coefficient (Wildman–Crippen LogP) is 3.40. The fraction of sp³-hybridized carbons (Fsp3) is 0.364. The van der Waals surface area contributed by atoms with Crippen LogP contribution in [0.5, 0.6) is 0 Å². The number of sulfone groups is 1. The van der Waals surface area contributed by atoms with Crippen LogP contribution >= 0.6 is 0 Å². The van der Waals surface area contributed by atoms with Crippen molar-refractivity contribution in [1.29, 1.82) is 0 Å². The van der Waals surface area contributed by atoms with Crippen LogP contribution in [0.25, 0.3) is 0 Å². The molecule has 1 saturated carbocycles. The largest absolute Gasteiger partial charge is 0.444 e. The van der Waals surface area contributed by atoms with E-state index in [1.807, 2.05) is 19.1 Å². The van der Waals surface area contributed by atoms with Crippen molar-refractivity contribution >= 4 is 22.2 Å². The molecule has 0 radical (unpaired) electrons. The van der Waals surface area contributed by atoms with E-state index in [1.54, 1.807) is 51.1 Å². The Hall–Kier alpha value is -2.67. The Morgan fingerprint density at radius 1 is 1.07 bits per heavy atom. The quantitative estimate of drug-likeness (QED) is 0.756. The van der Waals surface area contributed by atoms with Gasteiger partial charge in [-0.2, -0.15) is 0 Å². The molecule has 2 aromatic rings.